The van der Waals surface area contributed by atoms with E-state index in [1.54, 1.807) is 54.6 Å². The van der Waals surface area contributed by atoms with Crippen LogP contribution in [0.15, 0.2) is 72.3 Å². The zero-order chi connectivity index (χ0) is 27.1. The standard InChI is InChI=1S/C29H27ClN2O6/c1-3-15-37-23-12-10-22(11-13-23)32-28(34)24(27(33)31-29(32)35)16-20-7-14-25(26(17-20)36-4-2)38-18-19-5-8-21(30)9-6-19/h5-14,16-17H,3-4,15,18H2,1-2H3,(H,31,33,35)/b24-16-. The van der Waals surface area contributed by atoms with Crippen LogP contribution in [0.1, 0.15) is 31.4 Å². The number of rotatable bonds is 10. The van der Waals surface area contributed by atoms with Gasteiger partial charge in [0.05, 0.1) is 18.9 Å². The molecule has 8 nitrogen and oxygen atoms in total. The van der Waals surface area contributed by atoms with Gasteiger partial charge in [0.25, 0.3) is 11.8 Å². The molecule has 1 aliphatic heterocycles. The number of carbonyl (C=O) groups is 3. The Bertz CT molecular complexity index is 1350. The van der Waals surface area contributed by atoms with Crippen molar-refractivity contribution in [3.8, 4) is 17.2 Å². The van der Waals surface area contributed by atoms with Gasteiger partial charge in [0.2, 0.25) is 0 Å². The third-order valence-corrected chi connectivity index (χ3v) is 5.81. The minimum atomic E-state index is -0.819. The largest absolute Gasteiger partial charge is 0.494 e. The number of hydrogen-bond acceptors (Lipinski definition) is 6. The molecule has 3 aromatic rings. The molecule has 0 unspecified atom stereocenters. The van der Waals surface area contributed by atoms with Crippen LogP contribution in [0.4, 0.5) is 10.5 Å². The number of amides is 4. The normalized spacial score (nSPS) is 14.4. The number of nitrogens with zero attached hydrogens (tertiary/aromatic N) is 1. The summed E-state index contributed by atoms with van der Waals surface area (Å²) in [6, 6.07) is 18.1. The van der Waals surface area contributed by atoms with E-state index in [4.69, 9.17) is 25.8 Å². The van der Waals surface area contributed by atoms with Crippen LogP contribution >= 0.6 is 11.6 Å². The summed E-state index contributed by atoms with van der Waals surface area (Å²) < 4.78 is 17.2. The summed E-state index contributed by atoms with van der Waals surface area (Å²) in [6.07, 6.45) is 2.27. The lowest BCUT2D eigenvalue weighted by Crippen LogP contribution is -2.54. The second-order valence-corrected chi connectivity index (χ2v) is 8.79. The number of barbiturate groups is 1. The van der Waals surface area contributed by atoms with E-state index in [0.717, 1.165) is 16.9 Å². The van der Waals surface area contributed by atoms with Crippen molar-refractivity contribution in [1.82, 2.24) is 5.32 Å². The van der Waals surface area contributed by atoms with Gasteiger partial charge in [-0.3, -0.25) is 14.9 Å². The highest BCUT2D eigenvalue weighted by atomic mass is 35.5. The van der Waals surface area contributed by atoms with E-state index in [-0.39, 0.29) is 5.57 Å². The lowest BCUT2D eigenvalue weighted by Gasteiger charge is -2.26. The van der Waals surface area contributed by atoms with Gasteiger partial charge >= 0.3 is 6.03 Å². The zero-order valence-electron chi connectivity index (χ0n) is 21.0. The number of anilines is 1. The Morgan fingerprint density at radius 1 is 0.868 bits per heavy atom. The second kappa shape index (κ2) is 12.3. The van der Waals surface area contributed by atoms with Gasteiger partial charge in [0.1, 0.15) is 17.9 Å². The molecule has 1 heterocycles. The van der Waals surface area contributed by atoms with Gasteiger partial charge in [-0.15, -0.1) is 0 Å². The number of halogens is 1. The van der Waals surface area contributed by atoms with Crippen LogP contribution in [-0.4, -0.2) is 31.1 Å². The fourth-order valence-electron chi connectivity index (χ4n) is 3.71. The van der Waals surface area contributed by atoms with Crippen molar-refractivity contribution in [3.05, 3.63) is 88.5 Å². The molecule has 196 valence electrons. The Kier molecular flexibility index (Phi) is 8.66. The number of benzene rings is 3. The summed E-state index contributed by atoms with van der Waals surface area (Å²) in [5, 5.41) is 2.87. The van der Waals surface area contributed by atoms with E-state index in [1.165, 1.54) is 6.08 Å². The molecule has 0 aliphatic carbocycles. The molecule has 0 atom stereocenters. The van der Waals surface area contributed by atoms with Crippen molar-refractivity contribution < 1.29 is 28.6 Å². The maximum Gasteiger partial charge on any atom is 0.335 e. The monoisotopic (exact) mass is 534 g/mol. The van der Waals surface area contributed by atoms with Gasteiger partial charge in [-0.2, -0.15) is 0 Å². The average molecular weight is 535 g/mol. The Hall–Kier alpha value is -4.30. The Balaban J connectivity index is 1.56. The fourth-order valence-corrected chi connectivity index (χ4v) is 3.84. The molecule has 38 heavy (non-hydrogen) atoms. The van der Waals surface area contributed by atoms with Crippen molar-refractivity contribution in [1.29, 1.82) is 0 Å². The molecular weight excluding hydrogens is 508 g/mol. The minimum Gasteiger partial charge on any atom is -0.494 e. The molecule has 4 amide bonds. The van der Waals surface area contributed by atoms with Gasteiger partial charge in [-0.1, -0.05) is 36.7 Å². The van der Waals surface area contributed by atoms with Crippen molar-refractivity contribution >= 4 is 41.2 Å². The highest BCUT2D eigenvalue weighted by Gasteiger charge is 2.36. The Labute approximate surface area is 225 Å². The maximum absolute atomic E-state index is 13.2. The molecule has 1 N–H and O–H groups in total. The lowest BCUT2D eigenvalue weighted by atomic mass is 10.1. The number of nitrogens with one attached hydrogen (secondary N) is 1. The topological polar surface area (TPSA) is 94.2 Å². The van der Waals surface area contributed by atoms with Crippen molar-refractivity contribution in [2.45, 2.75) is 26.9 Å². The Morgan fingerprint density at radius 2 is 1.61 bits per heavy atom. The summed E-state index contributed by atoms with van der Waals surface area (Å²) in [6.45, 7) is 5.08. The molecule has 3 aromatic carbocycles. The molecule has 0 radical (unpaired) electrons. The van der Waals surface area contributed by atoms with E-state index in [2.05, 4.69) is 5.32 Å². The van der Waals surface area contributed by atoms with Gasteiger partial charge in [0.15, 0.2) is 11.5 Å². The first-order valence-corrected chi connectivity index (χ1v) is 12.6. The predicted molar refractivity (Wildman–Crippen MR) is 145 cm³/mol. The first-order chi connectivity index (χ1) is 18.4. The molecule has 1 aliphatic rings. The summed E-state index contributed by atoms with van der Waals surface area (Å²) in [7, 11) is 0. The smallest absolute Gasteiger partial charge is 0.335 e. The summed E-state index contributed by atoms with van der Waals surface area (Å²) in [5.74, 6) is 0.0666. The number of urea groups is 1. The van der Waals surface area contributed by atoms with Crippen molar-refractivity contribution in [2.75, 3.05) is 18.1 Å². The average Bonchev–Trinajstić information content (AvgIpc) is 2.91. The van der Waals surface area contributed by atoms with E-state index in [0.29, 0.717) is 53.3 Å². The number of carbonyl (C=O) groups excluding carboxylic acids is 3. The zero-order valence-corrected chi connectivity index (χ0v) is 21.8. The number of hydrogen-bond donors (Lipinski definition) is 1. The molecule has 0 spiro atoms. The third-order valence-electron chi connectivity index (χ3n) is 5.56. The third kappa shape index (κ3) is 6.33. The van der Waals surface area contributed by atoms with Gasteiger partial charge in [-0.05, 0) is 79.1 Å². The molecule has 1 saturated heterocycles. The maximum atomic E-state index is 13.2. The molecule has 1 fully saturated rings. The van der Waals surface area contributed by atoms with E-state index < -0.39 is 17.8 Å². The van der Waals surface area contributed by atoms with E-state index >= 15 is 0 Å². The van der Waals surface area contributed by atoms with Crippen LogP contribution in [0.2, 0.25) is 5.02 Å². The van der Waals surface area contributed by atoms with Crippen LogP contribution in [0, 0.1) is 0 Å². The second-order valence-electron chi connectivity index (χ2n) is 8.35. The first-order valence-electron chi connectivity index (χ1n) is 12.2. The predicted octanol–water partition coefficient (Wildman–Crippen LogP) is 5.77. The quantitative estimate of drug-likeness (QED) is 0.262. The summed E-state index contributed by atoms with van der Waals surface area (Å²) >= 11 is 5.94. The minimum absolute atomic E-state index is 0.187. The summed E-state index contributed by atoms with van der Waals surface area (Å²) in [5.41, 5.74) is 1.59. The van der Waals surface area contributed by atoms with Crippen LogP contribution < -0.4 is 24.4 Å². The first kappa shape index (κ1) is 26.8. The Morgan fingerprint density at radius 3 is 2.29 bits per heavy atom. The molecule has 4 rings (SSSR count). The lowest BCUT2D eigenvalue weighted by molar-refractivity contribution is -0.122. The fraction of sp³-hybridized carbons (Fsp3) is 0.207. The van der Waals surface area contributed by atoms with E-state index in [9.17, 15) is 14.4 Å². The molecule has 0 aromatic heterocycles. The summed E-state index contributed by atoms with van der Waals surface area (Å²) in [4.78, 5) is 39.3. The van der Waals surface area contributed by atoms with Crippen LogP contribution in [0.5, 0.6) is 17.2 Å². The molecule has 0 bridgehead atoms. The van der Waals surface area contributed by atoms with Crippen LogP contribution in [0.3, 0.4) is 0 Å². The van der Waals surface area contributed by atoms with Gasteiger partial charge in [-0.25, -0.2) is 9.69 Å². The molecule has 0 saturated carbocycles. The van der Waals surface area contributed by atoms with Crippen LogP contribution in [0.25, 0.3) is 6.08 Å². The van der Waals surface area contributed by atoms with Gasteiger partial charge in [0, 0.05) is 5.02 Å². The number of ether oxygens (including phenoxy) is 3. The number of imide groups is 2. The van der Waals surface area contributed by atoms with E-state index in [1.807, 2.05) is 26.0 Å². The van der Waals surface area contributed by atoms with Crippen molar-refractivity contribution in [2.24, 2.45) is 0 Å². The molecule has 9 heteroatoms. The van der Waals surface area contributed by atoms with Gasteiger partial charge < -0.3 is 14.2 Å². The molecular formula is C29H27ClN2O6. The van der Waals surface area contributed by atoms with Crippen molar-refractivity contribution in [3.63, 3.8) is 0 Å². The van der Waals surface area contributed by atoms with Crippen LogP contribution in [-0.2, 0) is 16.2 Å². The SMILES string of the molecule is CCCOc1ccc(N2C(=O)NC(=O)/C(=C/c3ccc(OCc4ccc(Cl)cc4)c(OCC)c3)C2=O)cc1. The highest BCUT2D eigenvalue weighted by Crippen LogP contribution is 2.31. The highest BCUT2D eigenvalue weighted by molar-refractivity contribution is 6.39.